The summed E-state index contributed by atoms with van der Waals surface area (Å²) in [5.41, 5.74) is 2.72. The first-order valence-corrected chi connectivity index (χ1v) is 8.00. The Labute approximate surface area is 114 Å². The zero-order valence-corrected chi connectivity index (χ0v) is 12.4. The van der Waals surface area contributed by atoms with Crippen LogP contribution in [0.15, 0.2) is 17.0 Å². The largest absolute Gasteiger partial charge is 0.496 e. The highest BCUT2D eigenvalue weighted by Crippen LogP contribution is 2.35. The number of aryl methyl sites for hydroxylation is 1. The first kappa shape index (κ1) is 13.8. The van der Waals surface area contributed by atoms with Crippen molar-refractivity contribution in [1.29, 1.82) is 0 Å². The number of hydrogen-bond acceptors (Lipinski definition) is 3. The molecule has 1 aromatic rings. The lowest BCUT2D eigenvalue weighted by Gasteiger charge is -2.26. The SMILES string of the molecule is CCc1cc(OC)c(C2CCCCN2)cc1SC. The third kappa shape index (κ3) is 2.83. The summed E-state index contributed by atoms with van der Waals surface area (Å²) in [6, 6.07) is 5.01. The van der Waals surface area contributed by atoms with Gasteiger partial charge in [-0.2, -0.15) is 0 Å². The van der Waals surface area contributed by atoms with Gasteiger partial charge in [-0.1, -0.05) is 13.3 Å². The second-order valence-corrected chi connectivity index (χ2v) is 5.61. The van der Waals surface area contributed by atoms with E-state index in [1.807, 2.05) is 11.8 Å². The van der Waals surface area contributed by atoms with Gasteiger partial charge >= 0.3 is 0 Å². The molecule has 1 aliphatic heterocycles. The summed E-state index contributed by atoms with van der Waals surface area (Å²) in [5, 5.41) is 3.61. The van der Waals surface area contributed by atoms with Gasteiger partial charge in [0.2, 0.25) is 0 Å². The summed E-state index contributed by atoms with van der Waals surface area (Å²) in [4.78, 5) is 1.39. The molecule has 1 fully saturated rings. The lowest BCUT2D eigenvalue weighted by Crippen LogP contribution is -2.27. The molecule has 0 spiro atoms. The van der Waals surface area contributed by atoms with E-state index in [2.05, 4.69) is 30.6 Å². The first-order chi connectivity index (χ1) is 8.80. The van der Waals surface area contributed by atoms with E-state index in [1.54, 1.807) is 7.11 Å². The van der Waals surface area contributed by atoms with Gasteiger partial charge in [0.25, 0.3) is 0 Å². The Hall–Kier alpha value is -0.670. The second kappa shape index (κ2) is 6.48. The molecule has 1 aliphatic rings. The molecule has 2 nitrogen and oxygen atoms in total. The van der Waals surface area contributed by atoms with E-state index in [-0.39, 0.29) is 0 Å². The van der Waals surface area contributed by atoms with Gasteiger partial charge in [0.15, 0.2) is 0 Å². The number of ether oxygens (including phenoxy) is 1. The van der Waals surface area contributed by atoms with E-state index in [9.17, 15) is 0 Å². The fourth-order valence-corrected chi connectivity index (χ4v) is 3.36. The predicted molar refractivity (Wildman–Crippen MR) is 78.7 cm³/mol. The Morgan fingerprint density at radius 3 is 2.78 bits per heavy atom. The van der Waals surface area contributed by atoms with Crippen molar-refractivity contribution in [3.8, 4) is 5.75 Å². The Balaban J connectivity index is 2.37. The van der Waals surface area contributed by atoms with Gasteiger partial charge in [0.05, 0.1) is 7.11 Å². The molecule has 3 heteroatoms. The van der Waals surface area contributed by atoms with Crippen LogP contribution in [0.1, 0.15) is 43.4 Å². The maximum absolute atomic E-state index is 5.59. The van der Waals surface area contributed by atoms with Gasteiger partial charge in [-0.3, -0.25) is 0 Å². The highest BCUT2D eigenvalue weighted by atomic mass is 32.2. The van der Waals surface area contributed by atoms with Crippen molar-refractivity contribution in [3.05, 3.63) is 23.3 Å². The van der Waals surface area contributed by atoms with Crippen LogP contribution in [-0.4, -0.2) is 19.9 Å². The smallest absolute Gasteiger partial charge is 0.123 e. The summed E-state index contributed by atoms with van der Waals surface area (Å²) in [6.07, 6.45) is 7.03. The fraction of sp³-hybridized carbons (Fsp3) is 0.600. The van der Waals surface area contributed by atoms with E-state index in [4.69, 9.17) is 4.74 Å². The molecule has 0 radical (unpaired) electrons. The van der Waals surface area contributed by atoms with Crippen molar-refractivity contribution in [3.63, 3.8) is 0 Å². The second-order valence-electron chi connectivity index (χ2n) is 4.76. The van der Waals surface area contributed by atoms with Crippen LogP contribution in [0.4, 0.5) is 0 Å². The van der Waals surface area contributed by atoms with Gasteiger partial charge < -0.3 is 10.1 Å². The van der Waals surface area contributed by atoms with Crippen molar-refractivity contribution in [2.24, 2.45) is 0 Å². The molecule has 1 saturated heterocycles. The summed E-state index contributed by atoms with van der Waals surface area (Å²) >= 11 is 1.83. The average molecular weight is 265 g/mol. The van der Waals surface area contributed by atoms with Crippen molar-refractivity contribution >= 4 is 11.8 Å². The highest BCUT2D eigenvalue weighted by molar-refractivity contribution is 7.98. The zero-order chi connectivity index (χ0) is 13.0. The van der Waals surface area contributed by atoms with Gasteiger partial charge in [-0.15, -0.1) is 11.8 Å². The van der Waals surface area contributed by atoms with Crippen LogP contribution in [-0.2, 0) is 6.42 Å². The van der Waals surface area contributed by atoms with Crippen LogP contribution >= 0.6 is 11.8 Å². The van der Waals surface area contributed by atoms with Crippen LogP contribution in [0, 0.1) is 0 Å². The van der Waals surface area contributed by atoms with Crippen molar-refractivity contribution in [2.45, 2.75) is 43.5 Å². The molecule has 1 heterocycles. The lowest BCUT2D eigenvalue weighted by atomic mass is 9.95. The molecular weight excluding hydrogens is 242 g/mol. The number of hydrogen-bond donors (Lipinski definition) is 1. The Kier molecular flexibility index (Phi) is 4.95. The van der Waals surface area contributed by atoms with E-state index in [0.29, 0.717) is 6.04 Å². The minimum atomic E-state index is 0.463. The normalized spacial score (nSPS) is 19.8. The quantitative estimate of drug-likeness (QED) is 0.837. The van der Waals surface area contributed by atoms with Gasteiger partial charge in [-0.25, -0.2) is 0 Å². The third-order valence-electron chi connectivity index (χ3n) is 3.70. The van der Waals surface area contributed by atoms with Gasteiger partial charge in [0.1, 0.15) is 5.75 Å². The van der Waals surface area contributed by atoms with Crippen molar-refractivity contribution in [1.82, 2.24) is 5.32 Å². The molecule has 0 aromatic heterocycles. The monoisotopic (exact) mass is 265 g/mol. The van der Waals surface area contributed by atoms with Gasteiger partial charge in [-0.05, 0) is 49.8 Å². The molecule has 1 N–H and O–H groups in total. The molecule has 1 aromatic carbocycles. The molecule has 0 aliphatic carbocycles. The van der Waals surface area contributed by atoms with E-state index in [0.717, 1.165) is 18.7 Å². The Morgan fingerprint density at radius 1 is 1.39 bits per heavy atom. The molecule has 100 valence electrons. The zero-order valence-electron chi connectivity index (χ0n) is 11.6. The number of benzene rings is 1. The molecule has 1 unspecified atom stereocenters. The van der Waals surface area contributed by atoms with E-state index in [1.165, 1.54) is 35.3 Å². The van der Waals surface area contributed by atoms with Crippen LogP contribution < -0.4 is 10.1 Å². The molecule has 2 rings (SSSR count). The van der Waals surface area contributed by atoms with Crippen molar-refractivity contribution < 1.29 is 4.74 Å². The molecule has 1 atom stereocenters. The Bertz CT molecular complexity index is 400. The van der Waals surface area contributed by atoms with Crippen molar-refractivity contribution in [2.75, 3.05) is 19.9 Å². The third-order valence-corrected chi connectivity index (χ3v) is 4.52. The number of thioether (sulfide) groups is 1. The maximum Gasteiger partial charge on any atom is 0.123 e. The molecule has 0 saturated carbocycles. The lowest BCUT2D eigenvalue weighted by molar-refractivity contribution is 0.372. The Morgan fingerprint density at radius 2 is 2.22 bits per heavy atom. The summed E-state index contributed by atoms with van der Waals surface area (Å²) in [5.74, 6) is 1.05. The molecule has 0 amide bonds. The first-order valence-electron chi connectivity index (χ1n) is 6.78. The van der Waals surface area contributed by atoms with Crippen LogP contribution in [0.5, 0.6) is 5.75 Å². The number of piperidine rings is 1. The maximum atomic E-state index is 5.59. The standard InChI is InChI=1S/C15H23NOS/c1-4-11-9-14(17-2)12(10-15(11)18-3)13-7-5-6-8-16-13/h9-10,13,16H,4-8H2,1-3H3. The number of nitrogens with one attached hydrogen (secondary N) is 1. The van der Waals surface area contributed by atoms with Gasteiger partial charge in [0, 0.05) is 16.5 Å². The van der Waals surface area contributed by atoms with Crippen LogP contribution in [0.25, 0.3) is 0 Å². The minimum absolute atomic E-state index is 0.463. The molecule has 18 heavy (non-hydrogen) atoms. The summed E-state index contributed by atoms with van der Waals surface area (Å²) in [7, 11) is 1.78. The average Bonchev–Trinajstić information content (AvgIpc) is 2.46. The fourth-order valence-electron chi connectivity index (χ4n) is 2.65. The van der Waals surface area contributed by atoms with E-state index < -0.39 is 0 Å². The topological polar surface area (TPSA) is 21.3 Å². The number of rotatable bonds is 4. The summed E-state index contributed by atoms with van der Waals surface area (Å²) < 4.78 is 5.59. The van der Waals surface area contributed by atoms with Crippen LogP contribution in [0.3, 0.4) is 0 Å². The number of methoxy groups -OCH3 is 1. The minimum Gasteiger partial charge on any atom is -0.496 e. The van der Waals surface area contributed by atoms with Crippen LogP contribution in [0.2, 0.25) is 0 Å². The summed E-state index contributed by atoms with van der Waals surface area (Å²) in [6.45, 7) is 3.32. The van der Waals surface area contributed by atoms with E-state index >= 15 is 0 Å². The molecule has 0 bridgehead atoms. The molecular formula is C15H23NOS. The predicted octanol–water partition coefficient (Wildman–Crippen LogP) is 3.79. The highest BCUT2D eigenvalue weighted by Gasteiger charge is 2.20.